The van der Waals surface area contributed by atoms with Crippen molar-refractivity contribution in [3.05, 3.63) is 0 Å². The second-order valence-electron chi connectivity index (χ2n) is 8.46. The third kappa shape index (κ3) is 2.99. The molecule has 3 rings (SSSR count). The molecule has 3 aliphatic carbocycles. The van der Waals surface area contributed by atoms with Crippen molar-refractivity contribution in [3.8, 4) is 0 Å². The van der Waals surface area contributed by atoms with Crippen LogP contribution in [0.2, 0.25) is 0 Å². The van der Waals surface area contributed by atoms with Crippen molar-refractivity contribution in [1.82, 2.24) is 5.32 Å². The SMILES string of the molecule is CC(C)CC1(CNC(=O)C2C3CCC(C3)C2N)CCCC1. The van der Waals surface area contributed by atoms with Crippen LogP contribution in [0, 0.1) is 29.1 Å². The van der Waals surface area contributed by atoms with Crippen molar-refractivity contribution in [1.29, 1.82) is 0 Å². The average Bonchev–Trinajstić information content (AvgIpc) is 3.11. The predicted octanol–water partition coefficient (Wildman–Crippen LogP) is 3.08. The maximum Gasteiger partial charge on any atom is 0.224 e. The minimum atomic E-state index is 0.0984. The monoisotopic (exact) mass is 292 g/mol. The first-order valence-corrected chi connectivity index (χ1v) is 9.04. The highest BCUT2D eigenvalue weighted by molar-refractivity contribution is 5.80. The molecule has 0 spiro atoms. The smallest absolute Gasteiger partial charge is 0.224 e. The van der Waals surface area contributed by atoms with Crippen LogP contribution in [0.15, 0.2) is 0 Å². The van der Waals surface area contributed by atoms with Gasteiger partial charge in [0.2, 0.25) is 5.91 Å². The van der Waals surface area contributed by atoms with Gasteiger partial charge in [0.05, 0.1) is 5.92 Å². The van der Waals surface area contributed by atoms with Crippen LogP contribution in [-0.2, 0) is 4.79 Å². The Labute approximate surface area is 129 Å². The fraction of sp³-hybridized carbons (Fsp3) is 0.944. The number of nitrogens with one attached hydrogen (secondary N) is 1. The molecular formula is C18H32N2O. The van der Waals surface area contributed by atoms with Crippen molar-refractivity contribution >= 4 is 5.91 Å². The lowest BCUT2D eigenvalue weighted by Crippen LogP contribution is -2.47. The Bertz CT molecular complexity index is 385. The number of amides is 1. The lowest BCUT2D eigenvalue weighted by atomic mass is 9.78. The molecule has 2 bridgehead atoms. The van der Waals surface area contributed by atoms with Crippen LogP contribution in [0.4, 0.5) is 0 Å². The van der Waals surface area contributed by atoms with Gasteiger partial charge in [0.25, 0.3) is 0 Å². The molecule has 3 fully saturated rings. The molecule has 0 radical (unpaired) electrons. The van der Waals surface area contributed by atoms with Gasteiger partial charge >= 0.3 is 0 Å². The van der Waals surface area contributed by atoms with Gasteiger partial charge in [0.1, 0.15) is 0 Å². The molecule has 21 heavy (non-hydrogen) atoms. The maximum absolute atomic E-state index is 12.6. The van der Waals surface area contributed by atoms with Crippen LogP contribution in [0.3, 0.4) is 0 Å². The fourth-order valence-electron chi connectivity index (χ4n) is 5.56. The topological polar surface area (TPSA) is 55.1 Å². The van der Waals surface area contributed by atoms with Gasteiger partial charge < -0.3 is 11.1 Å². The summed E-state index contributed by atoms with van der Waals surface area (Å²) in [6.45, 7) is 5.48. The summed E-state index contributed by atoms with van der Waals surface area (Å²) >= 11 is 0. The van der Waals surface area contributed by atoms with Gasteiger partial charge in [-0.3, -0.25) is 4.79 Å². The quantitative estimate of drug-likeness (QED) is 0.818. The Balaban J connectivity index is 1.57. The molecule has 4 unspecified atom stereocenters. The summed E-state index contributed by atoms with van der Waals surface area (Å²) in [6.07, 6.45) is 10.1. The fourth-order valence-corrected chi connectivity index (χ4v) is 5.56. The molecule has 3 saturated carbocycles. The van der Waals surface area contributed by atoms with Crippen LogP contribution >= 0.6 is 0 Å². The van der Waals surface area contributed by atoms with E-state index in [0.29, 0.717) is 23.2 Å². The number of hydrogen-bond acceptors (Lipinski definition) is 2. The predicted molar refractivity (Wildman–Crippen MR) is 85.7 cm³/mol. The van der Waals surface area contributed by atoms with E-state index < -0.39 is 0 Å². The number of rotatable bonds is 5. The third-order valence-corrected chi connectivity index (χ3v) is 6.43. The highest BCUT2D eigenvalue weighted by atomic mass is 16.1. The molecule has 3 aliphatic rings. The summed E-state index contributed by atoms with van der Waals surface area (Å²) in [5.41, 5.74) is 6.67. The van der Waals surface area contributed by atoms with Crippen LogP contribution in [0.25, 0.3) is 0 Å². The van der Waals surface area contributed by atoms with E-state index in [9.17, 15) is 4.79 Å². The Morgan fingerprint density at radius 1 is 1.24 bits per heavy atom. The van der Waals surface area contributed by atoms with Gasteiger partial charge in [-0.25, -0.2) is 0 Å². The van der Waals surface area contributed by atoms with E-state index in [-0.39, 0.29) is 17.9 Å². The zero-order valence-electron chi connectivity index (χ0n) is 13.7. The minimum absolute atomic E-state index is 0.0984. The molecular weight excluding hydrogens is 260 g/mol. The molecule has 3 nitrogen and oxygen atoms in total. The first-order chi connectivity index (χ1) is 10.0. The summed E-state index contributed by atoms with van der Waals surface area (Å²) in [7, 11) is 0. The normalized spacial score (nSPS) is 37.3. The molecule has 120 valence electrons. The Morgan fingerprint density at radius 2 is 1.90 bits per heavy atom. The van der Waals surface area contributed by atoms with E-state index >= 15 is 0 Å². The highest BCUT2D eigenvalue weighted by Gasteiger charge is 2.49. The molecule has 4 atom stereocenters. The van der Waals surface area contributed by atoms with Crippen molar-refractivity contribution in [2.24, 2.45) is 34.8 Å². The minimum Gasteiger partial charge on any atom is -0.355 e. The first-order valence-electron chi connectivity index (χ1n) is 9.04. The van der Waals surface area contributed by atoms with Gasteiger partial charge in [0, 0.05) is 12.6 Å². The number of fused-ring (bicyclic) bond motifs is 2. The number of carbonyl (C=O) groups excluding carboxylic acids is 1. The zero-order chi connectivity index (χ0) is 15.0. The van der Waals surface area contributed by atoms with Crippen LogP contribution in [-0.4, -0.2) is 18.5 Å². The van der Waals surface area contributed by atoms with E-state index in [0.717, 1.165) is 6.54 Å². The van der Waals surface area contributed by atoms with E-state index in [1.807, 2.05) is 0 Å². The molecule has 0 saturated heterocycles. The second kappa shape index (κ2) is 5.91. The lowest BCUT2D eigenvalue weighted by Gasteiger charge is -2.33. The molecule has 0 aliphatic heterocycles. The lowest BCUT2D eigenvalue weighted by molar-refractivity contribution is -0.127. The summed E-state index contributed by atoms with van der Waals surface area (Å²) in [4.78, 5) is 12.6. The van der Waals surface area contributed by atoms with Gasteiger partial charge in [-0.05, 0) is 61.7 Å². The number of nitrogens with two attached hydrogens (primary N) is 1. The molecule has 1 amide bonds. The summed E-state index contributed by atoms with van der Waals surface area (Å²) in [5, 5.41) is 3.31. The van der Waals surface area contributed by atoms with Crippen LogP contribution in [0.5, 0.6) is 0 Å². The number of carbonyl (C=O) groups is 1. The van der Waals surface area contributed by atoms with Gasteiger partial charge in [-0.1, -0.05) is 26.7 Å². The Morgan fingerprint density at radius 3 is 2.48 bits per heavy atom. The van der Waals surface area contributed by atoms with Crippen molar-refractivity contribution in [3.63, 3.8) is 0 Å². The first kappa shape index (κ1) is 15.3. The second-order valence-corrected chi connectivity index (χ2v) is 8.46. The number of hydrogen-bond donors (Lipinski definition) is 2. The maximum atomic E-state index is 12.6. The van der Waals surface area contributed by atoms with Crippen molar-refractivity contribution in [2.45, 2.75) is 71.3 Å². The van der Waals surface area contributed by atoms with Gasteiger partial charge in [-0.15, -0.1) is 0 Å². The molecule has 0 aromatic carbocycles. The van der Waals surface area contributed by atoms with Crippen molar-refractivity contribution in [2.75, 3.05) is 6.54 Å². The van der Waals surface area contributed by atoms with E-state index in [4.69, 9.17) is 5.73 Å². The Kier molecular flexibility index (Phi) is 4.31. The molecule has 0 heterocycles. The highest BCUT2D eigenvalue weighted by Crippen LogP contribution is 2.48. The van der Waals surface area contributed by atoms with Gasteiger partial charge in [0.15, 0.2) is 0 Å². The largest absolute Gasteiger partial charge is 0.355 e. The summed E-state index contributed by atoms with van der Waals surface area (Å²) < 4.78 is 0. The zero-order valence-corrected chi connectivity index (χ0v) is 13.7. The Hall–Kier alpha value is -0.570. The van der Waals surface area contributed by atoms with E-state index in [2.05, 4.69) is 19.2 Å². The summed E-state index contributed by atoms with van der Waals surface area (Å²) in [5.74, 6) is 2.24. The van der Waals surface area contributed by atoms with Crippen molar-refractivity contribution < 1.29 is 4.79 Å². The molecule has 0 aromatic heterocycles. The third-order valence-electron chi connectivity index (χ3n) is 6.43. The van der Waals surface area contributed by atoms with Crippen LogP contribution in [0.1, 0.15) is 65.2 Å². The standard InChI is InChI=1S/C18H32N2O/c1-12(2)10-18(7-3-4-8-18)11-20-17(21)15-13-5-6-14(9-13)16(15)19/h12-16H,3-11,19H2,1-2H3,(H,20,21). The summed E-state index contributed by atoms with van der Waals surface area (Å²) in [6, 6.07) is 0.119. The van der Waals surface area contributed by atoms with E-state index in [1.165, 1.54) is 51.4 Å². The van der Waals surface area contributed by atoms with E-state index in [1.54, 1.807) is 0 Å². The van der Waals surface area contributed by atoms with Gasteiger partial charge in [-0.2, -0.15) is 0 Å². The van der Waals surface area contributed by atoms with Crippen LogP contribution < -0.4 is 11.1 Å². The molecule has 3 N–H and O–H groups in total. The average molecular weight is 292 g/mol. The molecule has 3 heteroatoms. The molecule has 0 aromatic rings.